The van der Waals surface area contributed by atoms with E-state index in [-0.39, 0.29) is 6.03 Å². The largest absolute Gasteiger partial charge is 0.324 e. The zero-order chi connectivity index (χ0) is 25.1. The molecule has 1 aliphatic rings. The highest BCUT2D eigenvalue weighted by Crippen LogP contribution is 2.24. The van der Waals surface area contributed by atoms with Gasteiger partial charge in [0.15, 0.2) is 0 Å². The van der Waals surface area contributed by atoms with E-state index in [2.05, 4.69) is 51.1 Å². The van der Waals surface area contributed by atoms with Crippen LogP contribution in [0, 0.1) is 13.8 Å². The van der Waals surface area contributed by atoms with Crippen LogP contribution in [-0.2, 0) is 20.1 Å². The van der Waals surface area contributed by atoms with Crippen molar-refractivity contribution >= 4 is 23.0 Å². The third-order valence-corrected chi connectivity index (χ3v) is 7.22. The molecule has 5 rings (SSSR count). The molecule has 0 spiro atoms. The highest BCUT2D eigenvalue weighted by Gasteiger charge is 2.28. The Morgan fingerprint density at radius 3 is 2.14 bits per heavy atom. The average molecular weight is 484 g/mol. The van der Waals surface area contributed by atoms with Gasteiger partial charge in [0.1, 0.15) is 0 Å². The van der Waals surface area contributed by atoms with Gasteiger partial charge in [0, 0.05) is 51.7 Å². The first kappa shape index (κ1) is 23.9. The number of nitrogens with zero attached hydrogens (tertiary/aromatic N) is 6. The molecule has 0 aliphatic carbocycles. The summed E-state index contributed by atoms with van der Waals surface area (Å²) in [6, 6.07) is 16.3. The molecular weight excluding hydrogens is 450 g/mol. The number of hydrogen-bond donors (Lipinski definition) is 1. The van der Waals surface area contributed by atoms with Crippen LogP contribution in [0.25, 0.3) is 11.0 Å². The SMILES string of the molecule is Cc1cccnc1CN(Cc1ncccc1C)C1CCN(C(=O)Nc2nc3ccccc3n2C)CC1. The van der Waals surface area contributed by atoms with Crippen LogP contribution >= 0.6 is 0 Å². The van der Waals surface area contributed by atoms with E-state index < -0.39 is 0 Å². The number of amides is 2. The Hall–Kier alpha value is -3.78. The molecule has 8 nitrogen and oxygen atoms in total. The number of para-hydroxylation sites is 2. The smallest absolute Gasteiger partial charge is 0.324 e. The van der Waals surface area contributed by atoms with Crippen LogP contribution in [0.5, 0.6) is 0 Å². The Labute approximate surface area is 212 Å². The highest BCUT2D eigenvalue weighted by molar-refractivity contribution is 5.90. The van der Waals surface area contributed by atoms with Crippen LogP contribution in [0.2, 0.25) is 0 Å². The maximum atomic E-state index is 13.1. The van der Waals surface area contributed by atoms with Crippen LogP contribution in [0.4, 0.5) is 10.7 Å². The van der Waals surface area contributed by atoms with Crippen molar-refractivity contribution < 1.29 is 4.79 Å². The summed E-state index contributed by atoms with van der Waals surface area (Å²) in [6.45, 7) is 7.14. The molecule has 186 valence electrons. The van der Waals surface area contributed by atoms with E-state index in [1.54, 1.807) is 0 Å². The number of anilines is 1. The summed E-state index contributed by atoms with van der Waals surface area (Å²) < 4.78 is 1.92. The number of imidazole rings is 1. The van der Waals surface area contributed by atoms with Gasteiger partial charge in [0.25, 0.3) is 0 Å². The first-order chi connectivity index (χ1) is 17.5. The van der Waals surface area contributed by atoms with Crippen molar-refractivity contribution in [2.45, 2.75) is 45.8 Å². The lowest BCUT2D eigenvalue weighted by Crippen LogP contribution is -2.47. The van der Waals surface area contributed by atoms with E-state index in [4.69, 9.17) is 0 Å². The second kappa shape index (κ2) is 10.5. The lowest BCUT2D eigenvalue weighted by molar-refractivity contribution is 0.107. The van der Waals surface area contributed by atoms with Crippen molar-refractivity contribution in [1.29, 1.82) is 0 Å². The van der Waals surface area contributed by atoms with Crippen LogP contribution < -0.4 is 5.32 Å². The van der Waals surface area contributed by atoms with Gasteiger partial charge < -0.3 is 9.47 Å². The summed E-state index contributed by atoms with van der Waals surface area (Å²) in [4.78, 5) is 31.3. The van der Waals surface area contributed by atoms with E-state index >= 15 is 0 Å². The van der Waals surface area contributed by atoms with E-state index in [0.717, 1.165) is 48.4 Å². The molecule has 1 fully saturated rings. The van der Waals surface area contributed by atoms with Crippen LogP contribution in [0.15, 0.2) is 60.9 Å². The molecule has 0 atom stereocenters. The maximum absolute atomic E-state index is 13.1. The van der Waals surface area contributed by atoms with Crippen LogP contribution in [0.3, 0.4) is 0 Å². The summed E-state index contributed by atoms with van der Waals surface area (Å²) in [5.41, 5.74) is 6.44. The molecule has 4 aromatic rings. The number of rotatable bonds is 6. The fraction of sp³-hybridized carbons (Fsp3) is 0.357. The number of nitrogens with one attached hydrogen (secondary N) is 1. The van der Waals surface area contributed by atoms with Gasteiger partial charge in [-0.15, -0.1) is 0 Å². The van der Waals surface area contributed by atoms with Gasteiger partial charge in [-0.25, -0.2) is 9.78 Å². The van der Waals surface area contributed by atoms with Crippen LogP contribution in [0.1, 0.15) is 35.4 Å². The number of benzene rings is 1. The van der Waals surface area contributed by atoms with Crippen molar-refractivity contribution in [3.63, 3.8) is 0 Å². The molecule has 2 amide bonds. The van der Waals surface area contributed by atoms with Gasteiger partial charge in [-0.3, -0.25) is 20.2 Å². The minimum atomic E-state index is -0.0976. The zero-order valence-electron chi connectivity index (χ0n) is 21.2. The standard InChI is InChI=1S/C28H33N7O/c1-20-8-6-14-29-24(20)18-35(19-25-21(2)9-7-15-30-25)22-12-16-34(17-13-22)28(36)32-27-31-23-10-4-5-11-26(23)33(27)3/h4-11,14-15,22H,12-13,16-19H2,1-3H3,(H,31,32,36). The topological polar surface area (TPSA) is 79.2 Å². The predicted octanol–water partition coefficient (Wildman–Crippen LogP) is 4.68. The number of likely N-dealkylation sites (tertiary alicyclic amines) is 1. The Morgan fingerprint density at radius 1 is 0.944 bits per heavy atom. The van der Waals surface area contributed by atoms with Gasteiger partial charge in [-0.05, 0) is 62.1 Å². The van der Waals surface area contributed by atoms with Crippen molar-refractivity contribution in [2.24, 2.45) is 7.05 Å². The molecule has 1 aliphatic heterocycles. The van der Waals surface area contributed by atoms with Gasteiger partial charge in [-0.2, -0.15) is 0 Å². The molecular formula is C28H33N7O. The van der Waals surface area contributed by atoms with Crippen molar-refractivity contribution in [1.82, 2.24) is 29.3 Å². The monoisotopic (exact) mass is 483 g/mol. The first-order valence-electron chi connectivity index (χ1n) is 12.5. The van der Waals surface area contributed by atoms with Gasteiger partial charge in [0.2, 0.25) is 5.95 Å². The van der Waals surface area contributed by atoms with E-state index in [1.165, 1.54) is 11.1 Å². The quantitative estimate of drug-likeness (QED) is 0.431. The van der Waals surface area contributed by atoms with Gasteiger partial charge >= 0.3 is 6.03 Å². The number of hydrogen-bond acceptors (Lipinski definition) is 5. The molecule has 8 heteroatoms. The lowest BCUT2D eigenvalue weighted by Gasteiger charge is -2.38. The van der Waals surface area contributed by atoms with E-state index in [9.17, 15) is 4.79 Å². The summed E-state index contributed by atoms with van der Waals surface area (Å²) in [7, 11) is 1.92. The Kier molecular flexibility index (Phi) is 6.95. The number of aromatic nitrogens is 4. The molecule has 3 aromatic heterocycles. The fourth-order valence-corrected chi connectivity index (χ4v) is 4.93. The lowest BCUT2D eigenvalue weighted by atomic mass is 10.0. The predicted molar refractivity (Wildman–Crippen MR) is 142 cm³/mol. The summed E-state index contributed by atoms with van der Waals surface area (Å²) in [6.07, 6.45) is 5.52. The Morgan fingerprint density at radius 2 is 1.56 bits per heavy atom. The zero-order valence-corrected chi connectivity index (χ0v) is 21.2. The minimum Gasteiger partial charge on any atom is -0.324 e. The second-order valence-electron chi connectivity index (χ2n) is 9.57. The number of fused-ring (bicyclic) bond motifs is 1. The molecule has 1 N–H and O–H groups in total. The van der Waals surface area contributed by atoms with Crippen molar-refractivity contribution in [3.8, 4) is 0 Å². The van der Waals surface area contributed by atoms with Crippen molar-refractivity contribution in [2.75, 3.05) is 18.4 Å². The first-order valence-corrected chi connectivity index (χ1v) is 12.5. The molecule has 4 heterocycles. The van der Waals surface area contributed by atoms with E-state index in [1.807, 2.05) is 65.3 Å². The molecule has 0 radical (unpaired) electrons. The number of urea groups is 1. The summed E-state index contributed by atoms with van der Waals surface area (Å²) >= 11 is 0. The summed E-state index contributed by atoms with van der Waals surface area (Å²) in [5, 5.41) is 3.01. The summed E-state index contributed by atoms with van der Waals surface area (Å²) in [5.74, 6) is 0.571. The maximum Gasteiger partial charge on any atom is 0.324 e. The number of pyridine rings is 2. The molecule has 0 unspecified atom stereocenters. The van der Waals surface area contributed by atoms with Gasteiger partial charge in [-0.1, -0.05) is 24.3 Å². The Bertz CT molecular complexity index is 1310. The fourth-order valence-electron chi connectivity index (χ4n) is 4.93. The van der Waals surface area contributed by atoms with Crippen molar-refractivity contribution in [3.05, 3.63) is 83.4 Å². The second-order valence-corrected chi connectivity index (χ2v) is 9.57. The number of piperidine rings is 1. The normalized spacial score (nSPS) is 14.5. The average Bonchev–Trinajstić information content (AvgIpc) is 3.21. The number of carbonyl (C=O) groups is 1. The molecule has 0 saturated carbocycles. The third kappa shape index (κ3) is 5.09. The highest BCUT2D eigenvalue weighted by atomic mass is 16.2. The Balaban J connectivity index is 1.27. The van der Waals surface area contributed by atoms with Crippen LogP contribution in [-0.4, -0.2) is 54.5 Å². The molecule has 0 bridgehead atoms. The molecule has 1 saturated heterocycles. The minimum absolute atomic E-state index is 0.0976. The number of aryl methyl sites for hydroxylation is 3. The van der Waals surface area contributed by atoms with Gasteiger partial charge in [0.05, 0.1) is 22.4 Å². The number of carbonyl (C=O) groups excluding carboxylic acids is 1. The van der Waals surface area contributed by atoms with E-state index in [0.29, 0.717) is 25.1 Å². The third-order valence-electron chi connectivity index (χ3n) is 7.22. The molecule has 1 aromatic carbocycles. The molecule has 36 heavy (non-hydrogen) atoms.